The van der Waals surface area contributed by atoms with Crippen molar-refractivity contribution in [2.24, 2.45) is 0 Å². The molecule has 0 atom stereocenters. The van der Waals surface area contributed by atoms with Gasteiger partial charge in [-0.1, -0.05) is 36.4 Å². The first-order chi connectivity index (χ1) is 13.7. The zero-order valence-corrected chi connectivity index (χ0v) is 15.9. The third-order valence-electron chi connectivity index (χ3n) is 4.18. The number of ether oxygens (including phenoxy) is 4. The Morgan fingerprint density at radius 1 is 0.679 bits per heavy atom. The molecule has 0 N–H and O–H groups in total. The van der Waals surface area contributed by atoms with E-state index < -0.39 is 0 Å². The number of rotatable bonds is 9. The fourth-order valence-electron chi connectivity index (χ4n) is 2.69. The van der Waals surface area contributed by atoms with E-state index in [0.717, 1.165) is 17.4 Å². The third-order valence-corrected chi connectivity index (χ3v) is 4.18. The quantitative estimate of drug-likeness (QED) is 0.506. The predicted octanol–water partition coefficient (Wildman–Crippen LogP) is 4.67. The molecule has 0 saturated carbocycles. The van der Waals surface area contributed by atoms with Gasteiger partial charge in [0.1, 0.15) is 19.5 Å². The standard InChI is InChI=1S/C23H22O5/c1-25-22-12-18(14-24)8-10-20(22)28-16-19-9-11-21(23(13-19)26-2)27-15-17-6-4-3-5-7-17/h3-14H,15-16H2,1-2H3. The molecular formula is C23H22O5. The highest BCUT2D eigenvalue weighted by molar-refractivity contribution is 5.76. The minimum Gasteiger partial charge on any atom is -0.493 e. The summed E-state index contributed by atoms with van der Waals surface area (Å²) in [4.78, 5) is 10.9. The van der Waals surface area contributed by atoms with Crippen molar-refractivity contribution in [2.75, 3.05) is 14.2 Å². The second-order valence-corrected chi connectivity index (χ2v) is 6.08. The van der Waals surface area contributed by atoms with Gasteiger partial charge in [0.15, 0.2) is 23.0 Å². The van der Waals surface area contributed by atoms with Crippen molar-refractivity contribution in [1.29, 1.82) is 0 Å². The van der Waals surface area contributed by atoms with E-state index in [4.69, 9.17) is 18.9 Å². The maximum atomic E-state index is 10.9. The Morgan fingerprint density at radius 3 is 1.93 bits per heavy atom. The Hall–Kier alpha value is -3.47. The molecule has 144 valence electrons. The van der Waals surface area contributed by atoms with E-state index in [2.05, 4.69) is 0 Å². The largest absolute Gasteiger partial charge is 0.493 e. The van der Waals surface area contributed by atoms with Crippen LogP contribution in [-0.4, -0.2) is 20.5 Å². The zero-order chi connectivity index (χ0) is 19.8. The molecule has 3 aromatic rings. The first-order valence-corrected chi connectivity index (χ1v) is 8.83. The van der Waals surface area contributed by atoms with Crippen LogP contribution in [0.1, 0.15) is 21.5 Å². The third kappa shape index (κ3) is 4.82. The van der Waals surface area contributed by atoms with Crippen molar-refractivity contribution in [3.63, 3.8) is 0 Å². The number of carbonyl (C=O) groups excluding carboxylic acids is 1. The Morgan fingerprint density at radius 2 is 1.29 bits per heavy atom. The molecule has 0 fully saturated rings. The summed E-state index contributed by atoms with van der Waals surface area (Å²) in [6.07, 6.45) is 0.769. The molecule has 0 radical (unpaired) electrons. The van der Waals surface area contributed by atoms with E-state index in [-0.39, 0.29) is 0 Å². The van der Waals surface area contributed by atoms with Gasteiger partial charge < -0.3 is 18.9 Å². The van der Waals surface area contributed by atoms with Crippen LogP contribution in [-0.2, 0) is 13.2 Å². The number of benzene rings is 3. The summed E-state index contributed by atoms with van der Waals surface area (Å²) in [6, 6.07) is 20.7. The minimum absolute atomic E-state index is 0.326. The fraction of sp³-hybridized carbons (Fsp3) is 0.174. The molecule has 0 unspecified atom stereocenters. The van der Waals surface area contributed by atoms with Crippen molar-refractivity contribution in [1.82, 2.24) is 0 Å². The lowest BCUT2D eigenvalue weighted by Gasteiger charge is -2.14. The second kappa shape index (κ2) is 9.46. The lowest BCUT2D eigenvalue weighted by molar-refractivity contribution is 0.112. The summed E-state index contributed by atoms with van der Waals surface area (Å²) < 4.78 is 22.5. The maximum absolute atomic E-state index is 10.9. The Kier molecular flexibility index (Phi) is 6.52. The van der Waals surface area contributed by atoms with Crippen LogP contribution in [0, 0.1) is 0 Å². The number of aldehydes is 1. The summed E-state index contributed by atoms with van der Waals surface area (Å²) in [6.45, 7) is 0.791. The summed E-state index contributed by atoms with van der Waals surface area (Å²) in [7, 11) is 3.15. The van der Waals surface area contributed by atoms with Gasteiger partial charge in [-0.3, -0.25) is 4.79 Å². The first-order valence-electron chi connectivity index (χ1n) is 8.83. The van der Waals surface area contributed by atoms with Gasteiger partial charge in [0.05, 0.1) is 14.2 Å². The molecule has 3 aromatic carbocycles. The number of carbonyl (C=O) groups is 1. The van der Waals surface area contributed by atoms with Crippen molar-refractivity contribution in [3.8, 4) is 23.0 Å². The fourth-order valence-corrected chi connectivity index (χ4v) is 2.69. The highest BCUT2D eigenvalue weighted by atomic mass is 16.5. The van der Waals surface area contributed by atoms with Gasteiger partial charge in [0.25, 0.3) is 0 Å². The topological polar surface area (TPSA) is 54.0 Å². The second-order valence-electron chi connectivity index (χ2n) is 6.08. The van der Waals surface area contributed by atoms with E-state index in [1.165, 1.54) is 0 Å². The smallest absolute Gasteiger partial charge is 0.161 e. The average molecular weight is 378 g/mol. The van der Waals surface area contributed by atoms with E-state index in [1.807, 2.05) is 48.5 Å². The van der Waals surface area contributed by atoms with Gasteiger partial charge in [0, 0.05) is 5.56 Å². The van der Waals surface area contributed by atoms with Crippen LogP contribution in [0.4, 0.5) is 0 Å². The van der Waals surface area contributed by atoms with Crippen LogP contribution < -0.4 is 18.9 Å². The molecule has 5 nitrogen and oxygen atoms in total. The normalized spacial score (nSPS) is 10.2. The van der Waals surface area contributed by atoms with Gasteiger partial charge in [-0.25, -0.2) is 0 Å². The molecule has 0 saturated heterocycles. The van der Waals surface area contributed by atoms with Crippen LogP contribution in [0.15, 0.2) is 66.7 Å². The van der Waals surface area contributed by atoms with Crippen molar-refractivity contribution in [3.05, 3.63) is 83.4 Å². The monoisotopic (exact) mass is 378 g/mol. The predicted molar refractivity (Wildman–Crippen MR) is 106 cm³/mol. The summed E-state index contributed by atoms with van der Waals surface area (Å²) in [5.74, 6) is 2.39. The Balaban J connectivity index is 1.67. The van der Waals surface area contributed by atoms with Gasteiger partial charge in [-0.2, -0.15) is 0 Å². The number of hydrogen-bond acceptors (Lipinski definition) is 5. The molecule has 0 heterocycles. The van der Waals surface area contributed by atoms with Crippen LogP contribution in [0.2, 0.25) is 0 Å². The molecule has 0 amide bonds. The molecule has 0 aromatic heterocycles. The van der Waals surface area contributed by atoms with Crippen LogP contribution in [0.5, 0.6) is 23.0 Å². The van der Waals surface area contributed by atoms with Crippen molar-refractivity contribution >= 4 is 6.29 Å². The number of methoxy groups -OCH3 is 2. The van der Waals surface area contributed by atoms with Gasteiger partial charge in [0.2, 0.25) is 0 Å². The summed E-state index contributed by atoms with van der Waals surface area (Å²) in [5.41, 5.74) is 2.54. The molecule has 28 heavy (non-hydrogen) atoms. The number of hydrogen-bond donors (Lipinski definition) is 0. The summed E-state index contributed by atoms with van der Waals surface area (Å²) >= 11 is 0. The van der Waals surface area contributed by atoms with Gasteiger partial charge >= 0.3 is 0 Å². The first kappa shape index (κ1) is 19.3. The minimum atomic E-state index is 0.326. The average Bonchev–Trinajstić information content (AvgIpc) is 2.77. The van der Waals surface area contributed by atoms with Crippen molar-refractivity contribution in [2.45, 2.75) is 13.2 Å². The maximum Gasteiger partial charge on any atom is 0.161 e. The highest BCUT2D eigenvalue weighted by Crippen LogP contribution is 2.31. The van der Waals surface area contributed by atoms with Crippen LogP contribution >= 0.6 is 0 Å². The SMILES string of the molecule is COc1cc(C=O)ccc1OCc1ccc(OCc2ccccc2)c(OC)c1. The van der Waals surface area contributed by atoms with Crippen LogP contribution in [0.25, 0.3) is 0 Å². The van der Waals surface area contributed by atoms with Gasteiger partial charge in [-0.15, -0.1) is 0 Å². The lowest BCUT2D eigenvalue weighted by atomic mass is 10.2. The van der Waals surface area contributed by atoms with E-state index >= 15 is 0 Å². The lowest BCUT2D eigenvalue weighted by Crippen LogP contribution is -2.01. The molecule has 0 aliphatic heterocycles. The van der Waals surface area contributed by atoms with Gasteiger partial charge in [-0.05, 0) is 41.5 Å². The molecule has 3 rings (SSSR count). The van der Waals surface area contributed by atoms with Crippen molar-refractivity contribution < 1.29 is 23.7 Å². The summed E-state index contributed by atoms with van der Waals surface area (Å²) in [5, 5.41) is 0. The molecule has 0 aliphatic carbocycles. The Bertz CT molecular complexity index is 922. The van der Waals surface area contributed by atoms with Crippen LogP contribution in [0.3, 0.4) is 0 Å². The molecule has 5 heteroatoms. The molecular weight excluding hydrogens is 356 g/mol. The molecule has 0 spiro atoms. The van der Waals surface area contributed by atoms with E-state index in [0.29, 0.717) is 41.8 Å². The highest BCUT2D eigenvalue weighted by Gasteiger charge is 2.09. The molecule has 0 bridgehead atoms. The zero-order valence-electron chi connectivity index (χ0n) is 15.9. The van der Waals surface area contributed by atoms with E-state index in [1.54, 1.807) is 32.4 Å². The molecule has 0 aliphatic rings. The van der Waals surface area contributed by atoms with E-state index in [9.17, 15) is 4.79 Å². The Labute approximate surface area is 164 Å².